The van der Waals surface area contributed by atoms with E-state index in [4.69, 9.17) is 4.43 Å². The maximum atomic E-state index is 6.46. The first-order valence-electron chi connectivity index (χ1n) is 6.66. The molecule has 0 amide bonds. The Bertz CT molecular complexity index is 309. The molecule has 0 aromatic carbocycles. The third-order valence-corrected chi connectivity index (χ3v) is 8.64. The van der Waals surface area contributed by atoms with E-state index in [2.05, 4.69) is 53.4 Å². The molecule has 0 spiro atoms. The topological polar surface area (TPSA) is 9.23 Å². The third-order valence-electron chi connectivity index (χ3n) is 4.13. The van der Waals surface area contributed by atoms with Crippen molar-refractivity contribution in [2.24, 2.45) is 5.92 Å². The summed E-state index contributed by atoms with van der Waals surface area (Å²) in [6.45, 7) is 17.7. The fraction of sp³-hybridized carbons (Fsp3) is 0.733. The van der Waals surface area contributed by atoms with Crippen molar-refractivity contribution < 1.29 is 4.43 Å². The predicted octanol–water partition coefficient (Wildman–Crippen LogP) is 4.92. The Kier molecular flexibility index (Phi) is 4.42. The van der Waals surface area contributed by atoms with Crippen molar-refractivity contribution in [3.8, 4) is 0 Å². The minimum absolute atomic E-state index is 0.288. The lowest BCUT2D eigenvalue weighted by Gasteiger charge is -2.40. The second kappa shape index (κ2) is 5.11. The van der Waals surface area contributed by atoms with Gasteiger partial charge in [-0.25, -0.2) is 0 Å². The average Bonchev–Trinajstić information content (AvgIpc) is 2.14. The van der Waals surface area contributed by atoms with Crippen molar-refractivity contribution in [1.29, 1.82) is 0 Å². The van der Waals surface area contributed by atoms with E-state index in [1.165, 1.54) is 5.57 Å². The van der Waals surface area contributed by atoms with Gasteiger partial charge in [-0.1, -0.05) is 46.4 Å². The van der Waals surface area contributed by atoms with E-state index in [1.807, 2.05) is 6.08 Å². The van der Waals surface area contributed by atoms with E-state index >= 15 is 0 Å². The molecule has 2 heteroatoms. The molecule has 98 valence electrons. The van der Waals surface area contributed by atoms with Crippen molar-refractivity contribution in [3.05, 3.63) is 24.3 Å². The molecule has 0 aromatic heterocycles. The SMILES string of the molecule is C=CC1=C[C@H](O[Si](C)(C)C(C)(C)C)C[C@@H](C)C1. The number of allylic oxidation sites excluding steroid dienone is 2. The van der Waals surface area contributed by atoms with Crippen LogP contribution in [-0.4, -0.2) is 14.4 Å². The zero-order valence-electron chi connectivity index (χ0n) is 12.3. The molecule has 0 bridgehead atoms. The monoisotopic (exact) mass is 252 g/mol. The van der Waals surface area contributed by atoms with E-state index in [0.29, 0.717) is 12.0 Å². The first-order chi connectivity index (χ1) is 7.65. The largest absolute Gasteiger partial charge is 0.411 e. The van der Waals surface area contributed by atoms with Gasteiger partial charge in [0.25, 0.3) is 0 Å². The molecule has 0 N–H and O–H groups in total. The van der Waals surface area contributed by atoms with Crippen LogP contribution in [0.3, 0.4) is 0 Å². The fourth-order valence-electron chi connectivity index (χ4n) is 2.05. The molecule has 1 aliphatic rings. The molecule has 2 atom stereocenters. The third kappa shape index (κ3) is 3.82. The number of hydrogen-bond acceptors (Lipinski definition) is 1. The number of rotatable bonds is 3. The molecule has 0 radical (unpaired) electrons. The van der Waals surface area contributed by atoms with Crippen LogP contribution in [0.5, 0.6) is 0 Å². The molecule has 0 aromatic rings. The van der Waals surface area contributed by atoms with Gasteiger partial charge in [0.2, 0.25) is 0 Å². The van der Waals surface area contributed by atoms with E-state index in [1.54, 1.807) is 0 Å². The summed E-state index contributed by atoms with van der Waals surface area (Å²) in [5.41, 5.74) is 1.35. The zero-order valence-corrected chi connectivity index (χ0v) is 13.3. The first kappa shape index (κ1) is 14.7. The molecule has 1 nitrogen and oxygen atoms in total. The molecule has 1 aliphatic carbocycles. The van der Waals surface area contributed by atoms with Gasteiger partial charge in [0.15, 0.2) is 8.32 Å². The minimum Gasteiger partial charge on any atom is -0.411 e. The summed E-state index contributed by atoms with van der Waals surface area (Å²) in [6, 6.07) is 0. The Hall–Kier alpha value is -0.343. The summed E-state index contributed by atoms with van der Waals surface area (Å²) in [6.07, 6.45) is 6.88. The molecule has 0 heterocycles. The van der Waals surface area contributed by atoms with Gasteiger partial charge in [0.05, 0.1) is 6.10 Å². The predicted molar refractivity (Wildman–Crippen MR) is 78.7 cm³/mol. The van der Waals surface area contributed by atoms with Gasteiger partial charge in [-0.05, 0) is 42.5 Å². The lowest BCUT2D eigenvalue weighted by molar-refractivity contribution is 0.186. The van der Waals surface area contributed by atoms with Crippen LogP contribution in [0, 0.1) is 5.92 Å². The van der Waals surface area contributed by atoms with E-state index in [-0.39, 0.29) is 5.04 Å². The molecule has 1 rings (SSSR count). The quantitative estimate of drug-likeness (QED) is 0.648. The van der Waals surface area contributed by atoms with Crippen LogP contribution in [0.4, 0.5) is 0 Å². The van der Waals surface area contributed by atoms with E-state index in [0.717, 1.165) is 12.8 Å². The van der Waals surface area contributed by atoms with Gasteiger partial charge >= 0.3 is 0 Å². The number of hydrogen-bond donors (Lipinski definition) is 0. The summed E-state index contributed by atoms with van der Waals surface area (Å²) in [4.78, 5) is 0. The standard InChI is InChI=1S/C15H28OSi/c1-8-13-9-12(2)10-14(11-13)16-17(6,7)15(3,4)5/h8,11-12,14H,1,9-10H2,2-7H3/t12-,14+/m0/s1. The van der Waals surface area contributed by atoms with Crippen molar-refractivity contribution in [1.82, 2.24) is 0 Å². The summed E-state index contributed by atoms with van der Waals surface area (Å²) in [7, 11) is -1.64. The van der Waals surface area contributed by atoms with Crippen LogP contribution in [0.15, 0.2) is 24.3 Å². The van der Waals surface area contributed by atoms with Crippen LogP contribution in [0.25, 0.3) is 0 Å². The van der Waals surface area contributed by atoms with Crippen LogP contribution >= 0.6 is 0 Å². The van der Waals surface area contributed by atoms with E-state index < -0.39 is 8.32 Å². The summed E-state index contributed by atoms with van der Waals surface area (Å²) in [5.74, 6) is 0.711. The average molecular weight is 252 g/mol. The van der Waals surface area contributed by atoms with E-state index in [9.17, 15) is 0 Å². The van der Waals surface area contributed by atoms with Gasteiger partial charge in [-0.15, -0.1) is 0 Å². The Balaban J connectivity index is 2.78. The molecule has 0 saturated heterocycles. The second-order valence-electron chi connectivity index (χ2n) is 6.91. The van der Waals surface area contributed by atoms with Crippen LogP contribution < -0.4 is 0 Å². The highest BCUT2D eigenvalue weighted by Gasteiger charge is 2.39. The van der Waals surface area contributed by atoms with Crippen LogP contribution in [-0.2, 0) is 4.43 Å². The highest BCUT2D eigenvalue weighted by molar-refractivity contribution is 6.74. The maximum absolute atomic E-state index is 6.46. The Morgan fingerprint density at radius 2 is 2.00 bits per heavy atom. The van der Waals surface area contributed by atoms with Gasteiger partial charge in [-0.3, -0.25) is 0 Å². The Morgan fingerprint density at radius 1 is 1.41 bits per heavy atom. The Labute approximate surface area is 108 Å². The fourth-order valence-corrected chi connectivity index (χ4v) is 3.32. The lowest BCUT2D eigenvalue weighted by atomic mass is 9.89. The van der Waals surface area contributed by atoms with Gasteiger partial charge in [-0.2, -0.15) is 0 Å². The van der Waals surface area contributed by atoms with Gasteiger partial charge in [0.1, 0.15) is 0 Å². The van der Waals surface area contributed by atoms with Gasteiger partial charge < -0.3 is 4.43 Å². The van der Waals surface area contributed by atoms with Crippen molar-refractivity contribution >= 4 is 8.32 Å². The van der Waals surface area contributed by atoms with Crippen LogP contribution in [0.1, 0.15) is 40.5 Å². The molecule has 17 heavy (non-hydrogen) atoms. The summed E-state index contributed by atoms with van der Waals surface area (Å²) in [5, 5.41) is 0.288. The normalized spacial score (nSPS) is 26.6. The maximum Gasteiger partial charge on any atom is 0.192 e. The second-order valence-corrected chi connectivity index (χ2v) is 11.7. The molecule has 0 saturated carbocycles. The minimum atomic E-state index is -1.64. The summed E-state index contributed by atoms with van der Waals surface area (Å²) >= 11 is 0. The summed E-state index contributed by atoms with van der Waals surface area (Å²) < 4.78 is 6.46. The zero-order chi connectivity index (χ0) is 13.3. The highest BCUT2D eigenvalue weighted by Crippen LogP contribution is 2.39. The molecular weight excluding hydrogens is 224 g/mol. The smallest absolute Gasteiger partial charge is 0.192 e. The Morgan fingerprint density at radius 3 is 2.47 bits per heavy atom. The molecular formula is C15H28OSi. The highest BCUT2D eigenvalue weighted by atomic mass is 28.4. The van der Waals surface area contributed by atoms with Crippen molar-refractivity contribution in [2.45, 2.75) is 64.8 Å². The van der Waals surface area contributed by atoms with Crippen molar-refractivity contribution in [3.63, 3.8) is 0 Å². The van der Waals surface area contributed by atoms with Crippen molar-refractivity contribution in [2.75, 3.05) is 0 Å². The van der Waals surface area contributed by atoms with Gasteiger partial charge in [0, 0.05) is 0 Å². The lowest BCUT2D eigenvalue weighted by Crippen LogP contribution is -2.44. The first-order valence-corrected chi connectivity index (χ1v) is 9.57. The molecule has 0 unspecified atom stereocenters. The molecule has 0 fully saturated rings. The van der Waals surface area contributed by atoms with Crippen LogP contribution in [0.2, 0.25) is 18.1 Å². The molecule has 0 aliphatic heterocycles.